The van der Waals surface area contributed by atoms with Crippen molar-refractivity contribution in [2.24, 2.45) is 5.92 Å². The molecule has 0 fully saturated rings. The lowest BCUT2D eigenvalue weighted by atomic mass is 10.1. The van der Waals surface area contributed by atoms with Crippen LogP contribution in [0.2, 0.25) is 0 Å². The van der Waals surface area contributed by atoms with E-state index in [2.05, 4.69) is 35.5 Å². The first-order valence-electron chi connectivity index (χ1n) is 11.5. The summed E-state index contributed by atoms with van der Waals surface area (Å²) in [6.45, 7) is 4.02. The summed E-state index contributed by atoms with van der Waals surface area (Å²) in [5, 5.41) is 11.2. The molecule has 0 spiro atoms. The van der Waals surface area contributed by atoms with Crippen molar-refractivity contribution >= 4 is 33.8 Å². The quantitative estimate of drug-likeness (QED) is 0.299. The van der Waals surface area contributed by atoms with Crippen LogP contribution < -0.4 is 5.32 Å². The van der Waals surface area contributed by atoms with E-state index in [-0.39, 0.29) is 11.8 Å². The first-order chi connectivity index (χ1) is 17.5. The lowest BCUT2D eigenvalue weighted by Gasteiger charge is -2.08. The second kappa shape index (κ2) is 8.73. The van der Waals surface area contributed by atoms with Gasteiger partial charge in [0.15, 0.2) is 17.1 Å². The van der Waals surface area contributed by atoms with Gasteiger partial charge in [0.25, 0.3) is 0 Å². The second-order valence-corrected chi connectivity index (χ2v) is 8.95. The Morgan fingerprint density at radius 3 is 2.78 bits per heavy atom. The highest BCUT2D eigenvalue weighted by Crippen LogP contribution is 2.32. The normalized spacial score (nSPS) is 11.5. The molecule has 6 aromatic heterocycles. The maximum absolute atomic E-state index is 12.2. The predicted octanol–water partition coefficient (Wildman–Crippen LogP) is 5.20. The number of carbonyl (C=O) groups excluding carboxylic acids is 1. The molecule has 0 radical (unpaired) electrons. The Morgan fingerprint density at radius 2 is 1.94 bits per heavy atom. The number of nitrogens with zero attached hydrogens (tertiary/aromatic N) is 5. The highest BCUT2D eigenvalue weighted by molar-refractivity contribution is 5.96. The number of imidazole rings is 1. The number of anilines is 1. The average molecular weight is 479 g/mol. The van der Waals surface area contributed by atoms with Gasteiger partial charge in [0.1, 0.15) is 11.2 Å². The fourth-order valence-electron chi connectivity index (χ4n) is 4.16. The predicted molar refractivity (Wildman–Crippen MR) is 136 cm³/mol. The zero-order valence-corrected chi connectivity index (χ0v) is 19.6. The van der Waals surface area contributed by atoms with Gasteiger partial charge in [-0.2, -0.15) is 5.10 Å². The van der Waals surface area contributed by atoms with Crippen LogP contribution in [0.5, 0.6) is 0 Å². The van der Waals surface area contributed by atoms with E-state index in [0.29, 0.717) is 34.9 Å². The Kier molecular flexibility index (Phi) is 5.25. The van der Waals surface area contributed by atoms with Gasteiger partial charge >= 0.3 is 0 Å². The van der Waals surface area contributed by atoms with Crippen LogP contribution >= 0.6 is 0 Å². The molecule has 10 heteroatoms. The summed E-state index contributed by atoms with van der Waals surface area (Å²) in [7, 11) is 0. The summed E-state index contributed by atoms with van der Waals surface area (Å²) in [5.74, 6) is 0.811. The lowest BCUT2D eigenvalue weighted by Crippen LogP contribution is -2.13. The van der Waals surface area contributed by atoms with E-state index in [1.165, 1.54) is 0 Å². The van der Waals surface area contributed by atoms with Crippen molar-refractivity contribution in [2.75, 3.05) is 5.32 Å². The van der Waals surface area contributed by atoms with Gasteiger partial charge in [-0.25, -0.2) is 15.0 Å². The van der Waals surface area contributed by atoms with Crippen molar-refractivity contribution in [3.05, 3.63) is 61.6 Å². The number of rotatable bonds is 6. The third-order valence-electron chi connectivity index (χ3n) is 5.81. The van der Waals surface area contributed by atoms with E-state index in [1.807, 2.05) is 38.1 Å². The number of pyridine rings is 3. The molecule has 0 aromatic carbocycles. The van der Waals surface area contributed by atoms with Gasteiger partial charge in [-0.15, -0.1) is 0 Å². The fourth-order valence-corrected chi connectivity index (χ4v) is 4.16. The van der Waals surface area contributed by atoms with Crippen LogP contribution in [0.4, 0.5) is 5.69 Å². The average Bonchev–Trinajstić information content (AvgIpc) is 3.62. The molecule has 0 aliphatic rings. The van der Waals surface area contributed by atoms with Gasteiger partial charge in [0.2, 0.25) is 5.91 Å². The Bertz CT molecular complexity index is 1700. The number of carbonyl (C=O) groups is 1. The van der Waals surface area contributed by atoms with Crippen LogP contribution in [-0.4, -0.2) is 41.0 Å². The van der Waals surface area contributed by atoms with E-state index < -0.39 is 0 Å². The molecule has 36 heavy (non-hydrogen) atoms. The monoisotopic (exact) mass is 478 g/mol. The highest BCUT2D eigenvalue weighted by Gasteiger charge is 2.17. The molecule has 178 valence electrons. The van der Waals surface area contributed by atoms with Crippen molar-refractivity contribution in [1.29, 1.82) is 0 Å². The topological polar surface area (TPSA) is 138 Å². The molecular formula is C26H22N8O2. The Balaban J connectivity index is 1.38. The zero-order valence-electron chi connectivity index (χ0n) is 19.6. The fraction of sp³-hybridized carbons (Fsp3) is 0.154. The van der Waals surface area contributed by atoms with Crippen LogP contribution in [0.15, 0.2) is 66.0 Å². The first-order valence-corrected chi connectivity index (χ1v) is 11.5. The maximum Gasteiger partial charge on any atom is 0.224 e. The van der Waals surface area contributed by atoms with Crippen molar-refractivity contribution in [2.45, 2.75) is 20.3 Å². The summed E-state index contributed by atoms with van der Waals surface area (Å²) in [6.07, 6.45) is 10.6. The van der Waals surface area contributed by atoms with Gasteiger partial charge in [-0.3, -0.25) is 14.9 Å². The molecule has 3 N–H and O–H groups in total. The minimum Gasteiger partial charge on any atom is -0.472 e. The van der Waals surface area contributed by atoms with Crippen LogP contribution in [0.3, 0.4) is 0 Å². The Morgan fingerprint density at radius 1 is 1.06 bits per heavy atom. The van der Waals surface area contributed by atoms with Crippen LogP contribution in [0.25, 0.3) is 56.0 Å². The summed E-state index contributed by atoms with van der Waals surface area (Å²) in [6, 6.07) is 7.66. The van der Waals surface area contributed by atoms with Gasteiger partial charge in [-0.1, -0.05) is 13.8 Å². The molecule has 0 atom stereocenters. The number of furan rings is 1. The summed E-state index contributed by atoms with van der Waals surface area (Å²) < 4.78 is 5.24. The molecule has 0 unspecified atom stereocenters. The van der Waals surface area contributed by atoms with Crippen molar-refractivity contribution in [3.63, 3.8) is 0 Å². The molecular weight excluding hydrogens is 456 g/mol. The van der Waals surface area contributed by atoms with Gasteiger partial charge in [0.05, 0.1) is 29.8 Å². The molecule has 0 aliphatic carbocycles. The van der Waals surface area contributed by atoms with Gasteiger partial charge < -0.3 is 14.7 Å². The first kappa shape index (κ1) is 21.7. The van der Waals surface area contributed by atoms with Crippen molar-refractivity contribution in [1.82, 2.24) is 35.1 Å². The molecule has 6 heterocycles. The summed E-state index contributed by atoms with van der Waals surface area (Å²) in [5.41, 5.74) is 6.78. The Labute approximate surface area is 205 Å². The number of amides is 1. The minimum atomic E-state index is -0.0390. The number of nitrogens with one attached hydrogen (secondary N) is 3. The summed E-state index contributed by atoms with van der Waals surface area (Å²) >= 11 is 0. The molecule has 6 rings (SSSR count). The number of hydrogen-bond donors (Lipinski definition) is 3. The number of aromatic nitrogens is 7. The van der Waals surface area contributed by atoms with E-state index in [1.54, 1.807) is 37.3 Å². The zero-order chi connectivity index (χ0) is 24.6. The number of hydrogen-bond acceptors (Lipinski definition) is 7. The van der Waals surface area contributed by atoms with Gasteiger partial charge in [0, 0.05) is 47.3 Å². The second-order valence-electron chi connectivity index (χ2n) is 8.95. The van der Waals surface area contributed by atoms with Crippen molar-refractivity contribution in [3.8, 4) is 33.8 Å². The van der Waals surface area contributed by atoms with E-state index in [4.69, 9.17) is 9.40 Å². The van der Waals surface area contributed by atoms with Gasteiger partial charge in [-0.05, 0) is 30.2 Å². The molecule has 0 saturated heterocycles. The summed E-state index contributed by atoms with van der Waals surface area (Å²) in [4.78, 5) is 33.6. The molecule has 10 nitrogen and oxygen atoms in total. The standard InChI is InChI=1S/C26H22N8O2/c1-14(2)7-21(35)30-18-8-16(10-27-12-18)17-9-20-23(33-34-24(20)29-11-17)26-31-22-19(15-4-6-36-13-15)3-5-28-25(22)32-26/h3-6,8-14H,7H2,1-2H3,(H,30,35)(H,28,31,32)(H,29,33,34). The third-order valence-corrected chi connectivity index (χ3v) is 5.81. The van der Waals surface area contributed by atoms with E-state index in [9.17, 15) is 4.79 Å². The Hall–Kier alpha value is -4.86. The third kappa shape index (κ3) is 3.98. The number of fused-ring (bicyclic) bond motifs is 2. The molecule has 0 saturated carbocycles. The number of aromatic amines is 2. The van der Waals surface area contributed by atoms with E-state index in [0.717, 1.165) is 33.2 Å². The molecule has 0 bridgehead atoms. The highest BCUT2D eigenvalue weighted by atomic mass is 16.3. The lowest BCUT2D eigenvalue weighted by molar-refractivity contribution is -0.116. The van der Waals surface area contributed by atoms with Crippen molar-refractivity contribution < 1.29 is 9.21 Å². The molecule has 6 aromatic rings. The van der Waals surface area contributed by atoms with Crippen LogP contribution in [0.1, 0.15) is 20.3 Å². The van der Waals surface area contributed by atoms with Crippen LogP contribution in [0, 0.1) is 5.92 Å². The minimum absolute atomic E-state index is 0.0390. The SMILES string of the molecule is CC(C)CC(=O)Nc1cncc(-c2cnc3[nH]nc(-c4nc5c(-c6ccoc6)ccnc5[nH]4)c3c2)c1. The molecule has 1 amide bonds. The van der Waals surface area contributed by atoms with E-state index >= 15 is 0 Å². The molecule has 0 aliphatic heterocycles. The number of H-pyrrole nitrogens is 2. The largest absolute Gasteiger partial charge is 0.472 e. The smallest absolute Gasteiger partial charge is 0.224 e. The van der Waals surface area contributed by atoms with Crippen LogP contribution in [-0.2, 0) is 4.79 Å². The maximum atomic E-state index is 12.2.